The Hall–Kier alpha value is -1.35. The van der Waals surface area contributed by atoms with Crippen LogP contribution in [0.2, 0.25) is 0 Å². The van der Waals surface area contributed by atoms with Gasteiger partial charge in [-0.2, -0.15) is 0 Å². The summed E-state index contributed by atoms with van der Waals surface area (Å²) >= 11 is 0. The molecule has 0 aromatic heterocycles. The predicted molar refractivity (Wildman–Crippen MR) is 86.2 cm³/mol. The monoisotopic (exact) mass is 276 g/mol. The number of aryl methyl sites for hydroxylation is 2. The largest absolute Gasteiger partial charge is 0.326 e. The van der Waals surface area contributed by atoms with Crippen LogP contribution in [0.25, 0.3) is 0 Å². The highest BCUT2D eigenvalue weighted by molar-refractivity contribution is 5.91. The molecule has 3 heteroatoms. The molecule has 0 atom stereocenters. The van der Waals surface area contributed by atoms with Crippen LogP contribution in [0, 0.1) is 13.8 Å². The predicted octanol–water partition coefficient (Wildman–Crippen LogP) is 3.75. The van der Waals surface area contributed by atoms with E-state index >= 15 is 0 Å². The standard InChI is InChI=1S/C17H28N2O/c1-5-8-19(9-6-2)10-7-17(20)18-16-12-14(3)11-15(4)13-16/h11-13H,5-10H2,1-4H3,(H,18,20). The van der Waals surface area contributed by atoms with Crippen LogP contribution in [-0.2, 0) is 4.79 Å². The Kier molecular flexibility index (Phi) is 7.31. The maximum atomic E-state index is 12.0. The summed E-state index contributed by atoms with van der Waals surface area (Å²) < 4.78 is 0. The quantitative estimate of drug-likeness (QED) is 0.784. The minimum absolute atomic E-state index is 0.104. The van der Waals surface area contributed by atoms with Gasteiger partial charge in [-0.05, 0) is 63.0 Å². The Labute approximate surface area is 123 Å². The number of benzene rings is 1. The van der Waals surface area contributed by atoms with Crippen molar-refractivity contribution in [3.8, 4) is 0 Å². The molecule has 0 aliphatic heterocycles. The first-order chi connectivity index (χ1) is 9.55. The van der Waals surface area contributed by atoms with E-state index in [0.717, 1.165) is 38.2 Å². The summed E-state index contributed by atoms with van der Waals surface area (Å²) in [6.45, 7) is 11.4. The van der Waals surface area contributed by atoms with Crippen LogP contribution in [0.3, 0.4) is 0 Å². The van der Waals surface area contributed by atoms with Crippen molar-refractivity contribution in [1.29, 1.82) is 0 Å². The van der Waals surface area contributed by atoms with Gasteiger partial charge in [0.15, 0.2) is 0 Å². The van der Waals surface area contributed by atoms with E-state index in [1.807, 2.05) is 26.0 Å². The van der Waals surface area contributed by atoms with Gasteiger partial charge in [0, 0.05) is 18.7 Å². The fourth-order valence-electron chi connectivity index (χ4n) is 2.50. The molecular formula is C17H28N2O. The summed E-state index contributed by atoms with van der Waals surface area (Å²) in [5.74, 6) is 0.104. The van der Waals surface area contributed by atoms with Gasteiger partial charge in [-0.25, -0.2) is 0 Å². The number of nitrogens with one attached hydrogen (secondary N) is 1. The van der Waals surface area contributed by atoms with Crippen LogP contribution >= 0.6 is 0 Å². The fraction of sp³-hybridized carbons (Fsp3) is 0.588. The maximum Gasteiger partial charge on any atom is 0.225 e. The van der Waals surface area contributed by atoms with Crippen molar-refractivity contribution in [1.82, 2.24) is 4.90 Å². The SMILES string of the molecule is CCCN(CCC)CCC(=O)Nc1cc(C)cc(C)c1. The minimum Gasteiger partial charge on any atom is -0.326 e. The van der Waals surface area contributed by atoms with E-state index in [1.54, 1.807) is 0 Å². The van der Waals surface area contributed by atoms with Crippen molar-refractivity contribution in [2.24, 2.45) is 0 Å². The zero-order valence-corrected chi connectivity index (χ0v) is 13.3. The van der Waals surface area contributed by atoms with Gasteiger partial charge in [0.1, 0.15) is 0 Å². The van der Waals surface area contributed by atoms with Gasteiger partial charge < -0.3 is 10.2 Å². The van der Waals surface area contributed by atoms with Crippen LogP contribution < -0.4 is 5.32 Å². The molecule has 0 heterocycles. The molecule has 0 saturated carbocycles. The number of hydrogen-bond donors (Lipinski definition) is 1. The molecule has 0 aliphatic rings. The molecule has 1 amide bonds. The van der Waals surface area contributed by atoms with Crippen molar-refractivity contribution in [2.75, 3.05) is 25.0 Å². The summed E-state index contributed by atoms with van der Waals surface area (Å²) in [7, 11) is 0. The molecule has 0 saturated heterocycles. The molecule has 20 heavy (non-hydrogen) atoms. The first kappa shape index (κ1) is 16.7. The Morgan fingerprint density at radius 1 is 1.00 bits per heavy atom. The summed E-state index contributed by atoms with van der Waals surface area (Å²) in [4.78, 5) is 14.4. The molecule has 0 bridgehead atoms. The van der Waals surface area contributed by atoms with Gasteiger partial charge in [-0.1, -0.05) is 19.9 Å². The van der Waals surface area contributed by atoms with Gasteiger partial charge >= 0.3 is 0 Å². The molecule has 112 valence electrons. The Morgan fingerprint density at radius 2 is 1.55 bits per heavy atom. The number of rotatable bonds is 8. The fourth-order valence-corrected chi connectivity index (χ4v) is 2.50. The lowest BCUT2D eigenvalue weighted by Crippen LogP contribution is -2.29. The lowest BCUT2D eigenvalue weighted by Gasteiger charge is -2.20. The average Bonchev–Trinajstić information content (AvgIpc) is 2.35. The number of carbonyl (C=O) groups is 1. The van der Waals surface area contributed by atoms with Gasteiger partial charge in [0.2, 0.25) is 5.91 Å². The van der Waals surface area contributed by atoms with Crippen LogP contribution in [0.5, 0.6) is 0 Å². The third kappa shape index (κ3) is 6.20. The van der Waals surface area contributed by atoms with E-state index in [9.17, 15) is 4.79 Å². The minimum atomic E-state index is 0.104. The molecule has 1 rings (SSSR count). The van der Waals surface area contributed by atoms with Crippen LogP contribution in [-0.4, -0.2) is 30.4 Å². The summed E-state index contributed by atoms with van der Waals surface area (Å²) in [6, 6.07) is 6.14. The molecule has 1 aromatic carbocycles. The smallest absolute Gasteiger partial charge is 0.225 e. The Morgan fingerprint density at radius 3 is 2.05 bits per heavy atom. The highest BCUT2D eigenvalue weighted by atomic mass is 16.1. The summed E-state index contributed by atoms with van der Waals surface area (Å²) in [5.41, 5.74) is 3.27. The van der Waals surface area contributed by atoms with E-state index in [-0.39, 0.29) is 5.91 Å². The van der Waals surface area contributed by atoms with E-state index in [2.05, 4.69) is 30.1 Å². The first-order valence-corrected chi connectivity index (χ1v) is 7.65. The lowest BCUT2D eigenvalue weighted by atomic mass is 10.1. The number of nitrogens with zero attached hydrogens (tertiary/aromatic N) is 1. The average molecular weight is 276 g/mol. The molecule has 0 aliphatic carbocycles. The van der Waals surface area contributed by atoms with Crippen LogP contribution in [0.15, 0.2) is 18.2 Å². The molecule has 1 N–H and O–H groups in total. The summed E-state index contributed by atoms with van der Waals surface area (Å²) in [5, 5.41) is 3.00. The van der Waals surface area contributed by atoms with Crippen molar-refractivity contribution >= 4 is 11.6 Å². The molecule has 0 spiro atoms. The number of anilines is 1. The van der Waals surface area contributed by atoms with Gasteiger partial charge in [0.05, 0.1) is 0 Å². The molecule has 3 nitrogen and oxygen atoms in total. The number of carbonyl (C=O) groups excluding carboxylic acids is 1. The zero-order chi connectivity index (χ0) is 15.0. The first-order valence-electron chi connectivity index (χ1n) is 7.65. The van der Waals surface area contributed by atoms with Crippen molar-refractivity contribution in [3.05, 3.63) is 29.3 Å². The Balaban J connectivity index is 2.46. The third-order valence-corrected chi connectivity index (χ3v) is 3.24. The second kappa shape index (κ2) is 8.75. The number of amides is 1. The molecular weight excluding hydrogens is 248 g/mol. The van der Waals surface area contributed by atoms with Crippen LogP contribution in [0.4, 0.5) is 5.69 Å². The normalized spacial score (nSPS) is 10.8. The molecule has 0 fully saturated rings. The third-order valence-electron chi connectivity index (χ3n) is 3.24. The maximum absolute atomic E-state index is 12.0. The second-order valence-electron chi connectivity index (χ2n) is 5.52. The van der Waals surface area contributed by atoms with E-state index in [0.29, 0.717) is 6.42 Å². The topological polar surface area (TPSA) is 32.3 Å². The molecule has 0 radical (unpaired) electrons. The number of hydrogen-bond acceptors (Lipinski definition) is 2. The van der Waals surface area contributed by atoms with Crippen LogP contribution in [0.1, 0.15) is 44.2 Å². The zero-order valence-electron chi connectivity index (χ0n) is 13.3. The van der Waals surface area contributed by atoms with E-state index in [1.165, 1.54) is 11.1 Å². The lowest BCUT2D eigenvalue weighted by molar-refractivity contribution is -0.116. The van der Waals surface area contributed by atoms with Gasteiger partial charge in [-0.15, -0.1) is 0 Å². The van der Waals surface area contributed by atoms with E-state index < -0.39 is 0 Å². The van der Waals surface area contributed by atoms with Gasteiger partial charge in [-0.3, -0.25) is 4.79 Å². The Bertz CT molecular complexity index is 403. The highest BCUT2D eigenvalue weighted by Gasteiger charge is 2.07. The van der Waals surface area contributed by atoms with E-state index in [4.69, 9.17) is 0 Å². The summed E-state index contributed by atoms with van der Waals surface area (Å²) in [6.07, 6.45) is 2.84. The highest BCUT2D eigenvalue weighted by Crippen LogP contribution is 2.14. The second-order valence-corrected chi connectivity index (χ2v) is 5.52. The van der Waals surface area contributed by atoms with Crippen molar-refractivity contribution in [3.63, 3.8) is 0 Å². The van der Waals surface area contributed by atoms with Crippen molar-refractivity contribution in [2.45, 2.75) is 47.0 Å². The van der Waals surface area contributed by atoms with Crippen molar-refractivity contribution < 1.29 is 4.79 Å². The molecule has 0 unspecified atom stereocenters. The van der Waals surface area contributed by atoms with Gasteiger partial charge in [0.25, 0.3) is 0 Å². The molecule has 1 aromatic rings.